The third-order valence-electron chi connectivity index (χ3n) is 1.09. The van der Waals surface area contributed by atoms with Crippen LogP contribution in [0.25, 0.3) is 0 Å². The molecule has 4 heteroatoms. The third-order valence-corrected chi connectivity index (χ3v) is 1.09. The molecule has 0 aliphatic carbocycles. The summed E-state index contributed by atoms with van der Waals surface area (Å²) in [5.74, 6) is 0.505. The van der Waals surface area contributed by atoms with Gasteiger partial charge in [0.1, 0.15) is 0 Å². The van der Waals surface area contributed by atoms with Gasteiger partial charge in [0.25, 0.3) is 0 Å². The first kappa shape index (κ1) is 6.92. The van der Waals surface area contributed by atoms with Crippen molar-refractivity contribution in [2.75, 3.05) is 0 Å². The molecule has 0 bridgehead atoms. The topological polar surface area (TPSA) is 56.0 Å². The number of hydrogen-bond donors (Lipinski definition) is 0. The Hall–Kier alpha value is -1.19. The summed E-state index contributed by atoms with van der Waals surface area (Å²) in [4.78, 5) is 14.4. The fourth-order valence-electron chi connectivity index (χ4n) is 0.541. The number of aromatic nitrogens is 2. The molecule has 10 heavy (non-hydrogen) atoms. The van der Waals surface area contributed by atoms with Crippen LogP contribution in [0.2, 0.25) is 0 Å². The molecule has 1 rings (SSSR count). The van der Waals surface area contributed by atoms with Crippen LogP contribution >= 0.6 is 0 Å². The van der Waals surface area contributed by atoms with Gasteiger partial charge < -0.3 is 4.52 Å². The lowest BCUT2D eigenvalue weighted by Crippen LogP contribution is -1.94. The third kappa shape index (κ3) is 1.21. The number of carbonyl (C=O) groups is 1. The molecule has 0 amide bonds. The second-order valence-corrected chi connectivity index (χ2v) is 1.92. The van der Waals surface area contributed by atoms with Crippen LogP contribution < -0.4 is 0 Å². The Morgan fingerprint density at radius 3 is 2.70 bits per heavy atom. The van der Waals surface area contributed by atoms with Gasteiger partial charge in [-0.25, -0.2) is 0 Å². The SMILES string of the molecule is CCc1nc(C(C)=O)no1. The van der Waals surface area contributed by atoms with Crippen LogP contribution in [0, 0.1) is 0 Å². The molecule has 0 aromatic carbocycles. The van der Waals surface area contributed by atoms with Gasteiger partial charge in [-0.05, 0) is 0 Å². The number of nitrogens with zero attached hydrogens (tertiary/aromatic N) is 2. The molecule has 1 aromatic rings. The molecule has 0 N–H and O–H groups in total. The molecule has 1 heterocycles. The van der Waals surface area contributed by atoms with Crippen LogP contribution in [0.4, 0.5) is 0 Å². The smallest absolute Gasteiger partial charge is 0.238 e. The van der Waals surface area contributed by atoms with Gasteiger partial charge in [0.05, 0.1) is 0 Å². The van der Waals surface area contributed by atoms with E-state index >= 15 is 0 Å². The molecule has 1 aromatic heterocycles. The first-order valence-electron chi connectivity index (χ1n) is 3.07. The highest BCUT2D eigenvalue weighted by Gasteiger charge is 2.07. The molecular formula is C6H8N2O2. The summed E-state index contributed by atoms with van der Waals surface area (Å²) >= 11 is 0. The molecule has 0 saturated heterocycles. The number of rotatable bonds is 2. The molecule has 0 unspecified atom stereocenters. The molecule has 54 valence electrons. The molecule has 0 spiro atoms. The minimum Gasteiger partial charge on any atom is -0.339 e. The average Bonchev–Trinajstić information content (AvgIpc) is 2.34. The zero-order chi connectivity index (χ0) is 7.56. The van der Waals surface area contributed by atoms with Crippen molar-refractivity contribution >= 4 is 5.78 Å². The van der Waals surface area contributed by atoms with Crippen molar-refractivity contribution in [1.82, 2.24) is 10.1 Å². The fourth-order valence-corrected chi connectivity index (χ4v) is 0.541. The van der Waals surface area contributed by atoms with Gasteiger partial charge in [-0.1, -0.05) is 12.1 Å². The largest absolute Gasteiger partial charge is 0.339 e. The highest BCUT2D eigenvalue weighted by molar-refractivity contribution is 5.89. The maximum Gasteiger partial charge on any atom is 0.238 e. The Labute approximate surface area is 58.2 Å². The van der Waals surface area contributed by atoms with E-state index in [-0.39, 0.29) is 11.6 Å². The van der Waals surface area contributed by atoms with Crippen LogP contribution in [0.5, 0.6) is 0 Å². The Bertz CT molecular complexity index is 242. The molecule has 4 nitrogen and oxygen atoms in total. The number of hydrogen-bond acceptors (Lipinski definition) is 4. The number of Topliss-reactive ketones (excluding diaryl/α,β-unsaturated/α-hetero) is 1. The van der Waals surface area contributed by atoms with Crippen molar-refractivity contribution in [3.63, 3.8) is 0 Å². The molecule has 0 aliphatic rings. The normalized spacial score (nSPS) is 9.80. The maximum atomic E-state index is 10.6. The van der Waals surface area contributed by atoms with Crippen LogP contribution in [0.3, 0.4) is 0 Å². The van der Waals surface area contributed by atoms with E-state index in [1.807, 2.05) is 6.92 Å². The molecule has 0 fully saturated rings. The Kier molecular flexibility index (Phi) is 1.80. The van der Waals surface area contributed by atoms with Gasteiger partial charge in [0.2, 0.25) is 17.5 Å². The van der Waals surface area contributed by atoms with Gasteiger partial charge in [-0.15, -0.1) is 0 Å². The number of ketones is 1. The van der Waals surface area contributed by atoms with Crippen molar-refractivity contribution in [2.45, 2.75) is 20.3 Å². The average molecular weight is 140 g/mol. The summed E-state index contributed by atoms with van der Waals surface area (Å²) in [5.41, 5.74) is 0. The van der Waals surface area contributed by atoms with Gasteiger partial charge >= 0.3 is 0 Å². The van der Waals surface area contributed by atoms with Gasteiger partial charge in [0, 0.05) is 13.3 Å². The Balaban J connectivity index is 2.88. The maximum absolute atomic E-state index is 10.6. The first-order valence-corrected chi connectivity index (χ1v) is 3.07. The molecular weight excluding hydrogens is 132 g/mol. The second-order valence-electron chi connectivity index (χ2n) is 1.92. The zero-order valence-corrected chi connectivity index (χ0v) is 5.92. The predicted octanol–water partition coefficient (Wildman–Crippen LogP) is 0.835. The van der Waals surface area contributed by atoms with Gasteiger partial charge in [-0.2, -0.15) is 4.98 Å². The van der Waals surface area contributed by atoms with Gasteiger partial charge in [-0.3, -0.25) is 4.79 Å². The molecule has 0 atom stereocenters. The van der Waals surface area contributed by atoms with Crippen molar-refractivity contribution in [1.29, 1.82) is 0 Å². The monoisotopic (exact) mass is 140 g/mol. The summed E-state index contributed by atoms with van der Waals surface area (Å²) in [7, 11) is 0. The second kappa shape index (κ2) is 2.60. The Morgan fingerprint density at radius 1 is 1.70 bits per heavy atom. The minimum atomic E-state index is -0.163. The lowest BCUT2D eigenvalue weighted by molar-refractivity contribution is 0.100. The van der Waals surface area contributed by atoms with Crippen molar-refractivity contribution in [3.05, 3.63) is 11.7 Å². The highest BCUT2D eigenvalue weighted by atomic mass is 16.5. The van der Waals surface area contributed by atoms with E-state index in [0.29, 0.717) is 12.3 Å². The van der Waals surface area contributed by atoms with Crippen molar-refractivity contribution in [3.8, 4) is 0 Å². The summed E-state index contributed by atoms with van der Waals surface area (Å²) in [6.45, 7) is 3.29. The van der Waals surface area contributed by atoms with Crippen LogP contribution in [0.15, 0.2) is 4.52 Å². The van der Waals surface area contributed by atoms with E-state index in [1.54, 1.807) is 0 Å². The van der Waals surface area contributed by atoms with E-state index in [9.17, 15) is 4.79 Å². The molecule has 0 aliphatic heterocycles. The minimum absolute atomic E-state index is 0.163. The van der Waals surface area contributed by atoms with E-state index in [1.165, 1.54) is 6.92 Å². The van der Waals surface area contributed by atoms with E-state index in [0.717, 1.165) is 0 Å². The first-order chi connectivity index (χ1) is 4.74. The predicted molar refractivity (Wildman–Crippen MR) is 33.7 cm³/mol. The summed E-state index contributed by atoms with van der Waals surface area (Å²) in [5, 5.41) is 3.45. The number of carbonyl (C=O) groups excluding carboxylic acids is 1. The van der Waals surface area contributed by atoms with E-state index in [4.69, 9.17) is 4.52 Å². The fraction of sp³-hybridized carbons (Fsp3) is 0.500. The van der Waals surface area contributed by atoms with Crippen LogP contribution in [-0.4, -0.2) is 15.9 Å². The Morgan fingerprint density at radius 2 is 2.40 bits per heavy atom. The molecule has 0 saturated carbocycles. The van der Waals surface area contributed by atoms with Crippen molar-refractivity contribution < 1.29 is 9.32 Å². The van der Waals surface area contributed by atoms with E-state index in [2.05, 4.69) is 10.1 Å². The van der Waals surface area contributed by atoms with E-state index < -0.39 is 0 Å². The van der Waals surface area contributed by atoms with Gasteiger partial charge in [0.15, 0.2) is 0 Å². The number of aryl methyl sites for hydroxylation is 1. The van der Waals surface area contributed by atoms with Crippen LogP contribution in [-0.2, 0) is 6.42 Å². The zero-order valence-electron chi connectivity index (χ0n) is 5.92. The lowest BCUT2D eigenvalue weighted by Gasteiger charge is -1.77. The van der Waals surface area contributed by atoms with Crippen LogP contribution in [0.1, 0.15) is 30.4 Å². The standard InChI is InChI=1S/C6H8N2O2/c1-3-5-7-6(4(2)9)8-10-5/h3H2,1-2H3. The lowest BCUT2D eigenvalue weighted by atomic mass is 10.4. The van der Waals surface area contributed by atoms with Crippen molar-refractivity contribution in [2.24, 2.45) is 0 Å². The molecule has 0 radical (unpaired) electrons. The summed E-state index contributed by atoms with van der Waals surface area (Å²) in [6.07, 6.45) is 0.667. The summed E-state index contributed by atoms with van der Waals surface area (Å²) < 4.78 is 4.69. The highest BCUT2D eigenvalue weighted by Crippen LogP contribution is 1.97. The quantitative estimate of drug-likeness (QED) is 0.571. The summed E-state index contributed by atoms with van der Waals surface area (Å²) in [6, 6.07) is 0.